The smallest absolute Gasteiger partial charge is 0.257 e. The van der Waals surface area contributed by atoms with Gasteiger partial charge in [-0.25, -0.2) is 4.39 Å². The third-order valence-electron chi connectivity index (χ3n) is 5.49. The van der Waals surface area contributed by atoms with E-state index >= 15 is 0 Å². The van der Waals surface area contributed by atoms with Gasteiger partial charge in [0.1, 0.15) is 5.82 Å². The average Bonchev–Trinajstić information content (AvgIpc) is 3.19. The van der Waals surface area contributed by atoms with Crippen LogP contribution in [0.2, 0.25) is 0 Å². The van der Waals surface area contributed by atoms with Crippen LogP contribution in [0.3, 0.4) is 0 Å². The van der Waals surface area contributed by atoms with E-state index in [1.807, 2.05) is 0 Å². The maximum atomic E-state index is 13.6. The van der Waals surface area contributed by atoms with Crippen molar-refractivity contribution in [2.75, 3.05) is 33.4 Å². The van der Waals surface area contributed by atoms with Crippen LogP contribution < -0.4 is 0 Å². The minimum atomic E-state index is -0.783. The summed E-state index contributed by atoms with van der Waals surface area (Å²) >= 11 is 0. The molecule has 0 radical (unpaired) electrons. The topological polar surface area (TPSA) is 98.7 Å². The maximum Gasteiger partial charge on any atom is 0.257 e. The Bertz CT molecular complexity index is 812. The lowest BCUT2D eigenvalue weighted by Gasteiger charge is -2.45. The van der Waals surface area contributed by atoms with E-state index in [1.54, 1.807) is 24.1 Å². The standard InChI is InChI=1S/C20H26FN3O4/c1-28-9-3-7-20(13-25)12-24(8-6-17(20)26)19(27)16-11-22-23-18(16)14-4-2-5-15(21)10-14/h2,4-5,10-11,17,25-26H,3,6-9,12-13H2,1H3,(H,22,23)/t17-,20+/m1/s1. The van der Waals surface area contributed by atoms with Crippen LogP contribution in [0.1, 0.15) is 29.6 Å². The molecule has 1 aliphatic heterocycles. The summed E-state index contributed by atoms with van der Waals surface area (Å²) in [5, 5.41) is 27.3. The van der Waals surface area contributed by atoms with Crippen LogP contribution in [-0.4, -0.2) is 70.7 Å². The number of aliphatic hydroxyl groups is 2. The molecule has 7 nitrogen and oxygen atoms in total. The Balaban J connectivity index is 1.82. The fourth-order valence-corrected chi connectivity index (χ4v) is 3.85. The number of aromatic nitrogens is 2. The average molecular weight is 391 g/mol. The third-order valence-corrected chi connectivity index (χ3v) is 5.49. The number of piperidine rings is 1. The number of rotatable bonds is 7. The van der Waals surface area contributed by atoms with Gasteiger partial charge in [0.05, 0.1) is 30.2 Å². The first-order valence-corrected chi connectivity index (χ1v) is 9.37. The second kappa shape index (κ2) is 8.81. The van der Waals surface area contributed by atoms with Crippen LogP contribution >= 0.6 is 0 Å². The lowest BCUT2D eigenvalue weighted by atomic mass is 9.74. The summed E-state index contributed by atoms with van der Waals surface area (Å²) in [6.45, 7) is 0.915. The second-order valence-electron chi connectivity index (χ2n) is 7.32. The van der Waals surface area contributed by atoms with Gasteiger partial charge in [0, 0.05) is 37.8 Å². The molecular weight excluding hydrogens is 365 g/mol. The number of carbonyl (C=O) groups excluding carboxylic acids is 1. The highest BCUT2D eigenvalue weighted by molar-refractivity contribution is 5.99. The predicted molar refractivity (Wildman–Crippen MR) is 101 cm³/mol. The molecule has 2 aromatic rings. The molecular formula is C20H26FN3O4. The van der Waals surface area contributed by atoms with Gasteiger partial charge in [0.25, 0.3) is 5.91 Å². The fourth-order valence-electron chi connectivity index (χ4n) is 3.85. The molecule has 2 atom stereocenters. The number of hydrogen-bond donors (Lipinski definition) is 3. The van der Waals surface area contributed by atoms with Gasteiger partial charge in [-0.15, -0.1) is 0 Å². The van der Waals surface area contributed by atoms with Crippen LogP contribution in [0, 0.1) is 11.2 Å². The number of H-pyrrole nitrogens is 1. The molecule has 1 saturated heterocycles. The Hall–Kier alpha value is -2.29. The van der Waals surface area contributed by atoms with Gasteiger partial charge >= 0.3 is 0 Å². The summed E-state index contributed by atoms with van der Waals surface area (Å²) in [7, 11) is 1.60. The first-order valence-electron chi connectivity index (χ1n) is 9.37. The Labute approximate surface area is 163 Å². The van der Waals surface area contributed by atoms with E-state index < -0.39 is 17.3 Å². The SMILES string of the molecule is COCCC[C@@]1(CO)CN(C(=O)c2cn[nH]c2-c2cccc(F)c2)CC[C@H]1O. The zero-order valence-electron chi connectivity index (χ0n) is 15.9. The van der Waals surface area contributed by atoms with Gasteiger partial charge in [0.15, 0.2) is 0 Å². The first kappa shape index (κ1) is 20.4. The summed E-state index contributed by atoms with van der Waals surface area (Å²) in [6, 6.07) is 5.95. The molecule has 1 fully saturated rings. The van der Waals surface area contributed by atoms with Crippen molar-refractivity contribution < 1.29 is 24.1 Å². The molecule has 1 aromatic carbocycles. The maximum absolute atomic E-state index is 13.6. The molecule has 0 saturated carbocycles. The number of nitrogens with zero attached hydrogens (tertiary/aromatic N) is 2. The van der Waals surface area contributed by atoms with Gasteiger partial charge in [-0.05, 0) is 31.4 Å². The Kier molecular flexibility index (Phi) is 6.43. The van der Waals surface area contributed by atoms with Gasteiger partial charge in [-0.3, -0.25) is 9.89 Å². The van der Waals surface area contributed by atoms with Crippen molar-refractivity contribution in [3.63, 3.8) is 0 Å². The number of nitrogens with one attached hydrogen (secondary N) is 1. The molecule has 8 heteroatoms. The molecule has 0 unspecified atom stereocenters. The zero-order chi connectivity index (χ0) is 20.1. The van der Waals surface area contributed by atoms with Crippen molar-refractivity contribution in [3.8, 4) is 11.3 Å². The van der Waals surface area contributed by atoms with Crippen LogP contribution in [0.4, 0.5) is 4.39 Å². The molecule has 0 bridgehead atoms. The van der Waals surface area contributed by atoms with Crippen molar-refractivity contribution in [3.05, 3.63) is 41.8 Å². The van der Waals surface area contributed by atoms with Gasteiger partial charge < -0.3 is 19.8 Å². The van der Waals surface area contributed by atoms with E-state index in [1.165, 1.54) is 18.3 Å². The number of methoxy groups -OCH3 is 1. The summed E-state index contributed by atoms with van der Waals surface area (Å²) in [4.78, 5) is 14.8. The monoisotopic (exact) mass is 391 g/mol. The summed E-state index contributed by atoms with van der Waals surface area (Å²) < 4.78 is 18.7. The number of hydrogen-bond acceptors (Lipinski definition) is 5. The molecule has 2 heterocycles. The molecule has 0 spiro atoms. The zero-order valence-corrected chi connectivity index (χ0v) is 15.9. The van der Waals surface area contributed by atoms with E-state index in [0.717, 1.165) is 0 Å². The molecule has 0 aliphatic carbocycles. The first-order chi connectivity index (χ1) is 13.5. The number of ether oxygens (including phenoxy) is 1. The highest BCUT2D eigenvalue weighted by Crippen LogP contribution is 2.36. The predicted octanol–water partition coefficient (Wildman–Crippen LogP) is 1.83. The fraction of sp³-hybridized carbons (Fsp3) is 0.500. The molecule has 1 aliphatic rings. The van der Waals surface area contributed by atoms with Crippen molar-refractivity contribution in [2.45, 2.75) is 25.4 Å². The third kappa shape index (κ3) is 4.09. The van der Waals surface area contributed by atoms with E-state index in [9.17, 15) is 19.4 Å². The van der Waals surface area contributed by atoms with E-state index in [4.69, 9.17) is 4.74 Å². The van der Waals surface area contributed by atoms with Gasteiger partial charge in [-0.1, -0.05) is 12.1 Å². The number of likely N-dealkylation sites (tertiary alicyclic amines) is 1. The van der Waals surface area contributed by atoms with Crippen LogP contribution in [-0.2, 0) is 4.74 Å². The Morgan fingerprint density at radius 1 is 1.50 bits per heavy atom. The largest absolute Gasteiger partial charge is 0.396 e. The molecule has 28 heavy (non-hydrogen) atoms. The van der Waals surface area contributed by atoms with E-state index in [-0.39, 0.29) is 19.1 Å². The normalized spacial score (nSPS) is 22.4. The van der Waals surface area contributed by atoms with Gasteiger partial charge in [-0.2, -0.15) is 5.10 Å². The van der Waals surface area contributed by atoms with Crippen molar-refractivity contribution in [2.24, 2.45) is 5.41 Å². The highest BCUT2D eigenvalue weighted by Gasteiger charge is 2.43. The van der Waals surface area contributed by atoms with Crippen LogP contribution in [0.5, 0.6) is 0 Å². The van der Waals surface area contributed by atoms with Gasteiger partial charge in [0.2, 0.25) is 0 Å². The molecule has 152 valence electrons. The van der Waals surface area contributed by atoms with Crippen LogP contribution in [0.15, 0.2) is 30.5 Å². The minimum Gasteiger partial charge on any atom is -0.396 e. The number of carbonyl (C=O) groups is 1. The minimum absolute atomic E-state index is 0.218. The van der Waals surface area contributed by atoms with Crippen molar-refractivity contribution >= 4 is 5.91 Å². The molecule has 3 rings (SSSR count). The summed E-state index contributed by atoms with van der Waals surface area (Å²) in [5.74, 6) is -0.659. The Morgan fingerprint density at radius 2 is 2.32 bits per heavy atom. The van der Waals surface area contributed by atoms with E-state index in [2.05, 4.69) is 10.2 Å². The second-order valence-corrected chi connectivity index (χ2v) is 7.32. The summed E-state index contributed by atoms with van der Waals surface area (Å²) in [6.07, 6.45) is 2.34. The number of aliphatic hydroxyl groups excluding tert-OH is 2. The Morgan fingerprint density at radius 3 is 3.04 bits per heavy atom. The molecule has 1 amide bonds. The van der Waals surface area contributed by atoms with E-state index in [0.29, 0.717) is 49.2 Å². The van der Waals surface area contributed by atoms with Crippen LogP contribution in [0.25, 0.3) is 11.3 Å². The van der Waals surface area contributed by atoms with Crippen molar-refractivity contribution in [1.82, 2.24) is 15.1 Å². The number of amides is 1. The number of halogens is 1. The molecule has 3 N–H and O–H groups in total. The lowest BCUT2D eigenvalue weighted by Crippen LogP contribution is -2.55. The lowest BCUT2D eigenvalue weighted by molar-refractivity contribution is -0.0744. The number of benzene rings is 1. The highest BCUT2D eigenvalue weighted by atomic mass is 19.1. The quantitative estimate of drug-likeness (QED) is 0.626. The number of aromatic amines is 1. The van der Waals surface area contributed by atoms with Crippen molar-refractivity contribution in [1.29, 1.82) is 0 Å². The molecule has 1 aromatic heterocycles. The summed E-state index contributed by atoms with van der Waals surface area (Å²) in [5.41, 5.74) is 0.539.